The molecule has 0 aliphatic rings. The van der Waals surface area contributed by atoms with Crippen molar-refractivity contribution in [3.8, 4) is 16.9 Å². The van der Waals surface area contributed by atoms with E-state index < -0.39 is 16.9 Å². The van der Waals surface area contributed by atoms with Gasteiger partial charge in [-0.15, -0.1) is 0 Å². The number of hydrogen-bond acceptors (Lipinski definition) is 5. The van der Waals surface area contributed by atoms with Crippen LogP contribution < -0.4 is 4.74 Å². The van der Waals surface area contributed by atoms with Gasteiger partial charge < -0.3 is 14.9 Å². The van der Waals surface area contributed by atoms with Crippen LogP contribution in [-0.4, -0.2) is 33.7 Å². The summed E-state index contributed by atoms with van der Waals surface area (Å²) in [6.45, 7) is 9.26. The van der Waals surface area contributed by atoms with Crippen molar-refractivity contribution in [2.24, 2.45) is 0 Å². The van der Waals surface area contributed by atoms with Crippen molar-refractivity contribution in [1.29, 1.82) is 0 Å². The molecule has 2 aromatic carbocycles. The Hall–Kier alpha value is -3.94. The van der Waals surface area contributed by atoms with Gasteiger partial charge in [-0.05, 0) is 37.3 Å². The summed E-state index contributed by atoms with van der Waals surface area (Å²) in [6.07, 6.45) is 6.48. The van der Waals surface area contributed by atoms with Gasteiger partial charge in [0.1, 0.15) is 5.75 Å². The number of nitrogens with zero attached hydrogens (tertiary/aromatic N) is 1. The number of nitro benzene ring substituents is 1. The van der Waals surface area contributed by atoms with Crippen LogP contribution in [0.2, 0.25) is 0 Å². The maximum Gasteiger partial charge on any atom is 0.330 e. The highest BCUT2D eigenvalue weighted by molar-refractivity contribution is 5.86. The molecule has 0 aliphatic carbocycles. The summed E-state index contributed by atoms with van der Waals surface area (Å²) in [5.74, 6) is -1.30. The third-order valence-corrected chi connectivity index (χ3v) is 5.30. The van der Waals surface area contributed by atoms with E-state index in [0.29, 0.717) is 30.8 Å². The Labute approximate surface area is 212 Å². The summed E-state index contributed by atoms with van der Waals surface area (Å²) in [6, 6.07) is 14.3. The zero-order valence-corrected chi connectivity index (χ0v) is 20.8. The number of hydrogen-bond donors (Lipinski definition) is 2. The Bertz CT molecular complexity index is 1030. The largest absolute Gasteiger partial charge is 0.493 e. The SMILES string of the molecule is C=C(CCC)C(=O)O.C=C(CCCCCCCOc1cc([N+](=O)[O-])ccc1-c1ccccc1)C(=O)O. The molecular weight excluding hydrogens is 462 g/mol. The lowest BCUT2D eigenvalue weighted by Crippen LogP contribution is -2.00. The second kappa shape index (κ2) is 16.6. The second-order valence-electron chi connectivity index (χ2n) is 8.24. The number of nitro groups is 1. The summed E-state index contributed by atoms with van der Waals surface area (Å²) in [4.78, 5) is 31.3. The lowest BCUT2D eigenvalue weighted by atomic mass is 10.0. The van der Waals surface area contributed by atoms with E-state index in [0.717, 1.165) is 49.7 Å². The summed E-state index contributed by atoms with van der Waals surface area (Å²) >= 11 is 0. The van der Waals surface area contributed by atoms with Gasteiger partial charge in [-0.25, -0.2) is 9.59 Å². The molecule has 0 aliphatic heterocycles. The molecule has 0 aromatic heterocycles. The molecule has 0 radical (unpaired) electrons. The van der Waals surface area contributed by atoms with E-state index in [-0.39, 0.29) is 11.3 Å². The van der Waals surface area contributed by atoms with Crippen LogP contribution in [-0.2, 0) is 9.59 Å². The Kier molecular flexibility index (Phi) is 13.9. The zero-order valence-electron chi connectivity index (χ0n) is 20.8. The number of benzene rings is 2. The van der Waals surface area contributed by atoms with Crippen LogP contribution in [0.5, 0.6) is 5.75 Å². The number of carboxylic acids is 2. The molecule has 0 saturated heterocycles. The maximum absolute atomic E-state index is 11.1. The lowest BCUT2D eigenvalue weighted by molar-refractivity contribution is -0.384. The fourth-order valence-corrected chi connectivity index (χ4v) is 3.27. The Morgan fingerprint density at radius 3 is 2.03 bits per heavy atom. The molecule has 2 rings (SSSR count). The van der Waals surface area contributed by atoms with E-state index in [2.05, 4.69) is 13.2 Å². The number of ether oxygens (including phenoxy) is 1. The average molecular weight is 498 g/mol. The molecule has 0 amide bonds. The highest BCUT2D eigenvalue weighted by atomic mass is 16.6. The van der Waals surface area contributed by atoms with Crippen molar-refractivity contribution in [2.75, 3.05) is 6.61 Å². The fraction of sp³-hybridized carbons (Fsp3) is 0.357. The number of carbonyl (C=O) groups is 2. The Morgan fingerprint density at radius 2 is 1.47 bits per heavy atom. The van der Waals surface area contributed by atoms with Crippen LogP contribution in [0.25, 0.3) is 11.1 Å². The smallest absolute Gasteiger partial charge is 0.330 e. The molecule has 8 nitrogen and oxygen atoms in total. The van der Waals surface area contributed by atoms with E-state index in [9.17, 15) is 19.7 Å². The highest BCUT2D eigenvalue weighted by Gasteiger charge is 2.13. The minimum absolute atomic E-state index is 0.00772. The van der Waals surface area contributed by atoms with Gasteiger partial charge >= 0.3 is 11.9 Å². The quantitative estimate of drug-likeness (QED) is 0.117. The molecule has 2 N–H and O–H groups in total. The predicted octanol–water partition coefficient (Wildman–Crippen LogP) is 7.05. The molecule has 194 valence electrons. The molecule has 0 atom stereocenters. The highest BCUT2D eigenvalue weighted by Crippen LogP contribution is 2.33. The first-order valence-corrected chi connectivity index (χ1v) is 12.0. The molecule has 36 heavy (non-hydrogen) atoms. The topological polar surface area (TPSA) is 127 Å². The minimum atomic E-state index is -0.931. The van der Waals surface area contributed by atoms with Crippen molar-refractivity contribution in [3.63, 3.8) is 0 Å². The Balaban J connectivity index is 0.000000697. The van der Waals surface area contributed by atoms with Crippen molar-refractivity contribution >= 4 is 17.6 Å². The average Bonchev–Trinajstić information content (AvgIpc) is 2.86. The van der Waals surface area contributed by atoms with Crippen LogP contribution in [0.15, 0.2) is 72.8 Å². The second-order valence-corrected chi connectivity index (χ2v) is 8.24. The molecular formula is C28H35NO7. The molecule has 0 bridgehead atoms. The van der Waals surface area contributed by atoms with Gasteiger partial charge in [-0.2, -0.15) is 0 Å². The van der Waals surface area contributed by atoms with Gasteiger partial charge in [0.25, 0.3) is 5.69 Å². The molecule has 0 heterocycles. The fourth-order valence-electron chi connectivity index (χ4n) is 3.27. The number of carboxylic acid groups (broad SMARTS) is 2. The van der Waals surface area contributed by atoms with Crippen LogP contribution >= 0.6 is 0 Å². The number of unbranched alkanes of at least 4 members (excludes halogenated alkanes) is 4. The molecule has 8 heteroatoms. The molecule has 2 aromatic rings. The van der Waals surface area contributed by atoms with Crippen molar-refractivity contribution in [2.45, 2.75) is 58.3 Å². The van der Waals surface area contributed by atoms with Crippen LogP contribution in [0.3, 0.4) is 0 Å². The summed E-state index contributed by atoms with van der Waals surface area (Å²) < 4.78 is 5.86. The van der Waals surface area contributed by atoms with Gasteiger partial charge in [-0.3, -0.25) is 10.1 Å². The number of non-ortho nitro benzene ring substituents is 1. The number of aliphatic carboxylic acids is 2. The lowest BCUT2D eigenvalue weighted by Gasteiger charge is -2.12. The number of rotatable bonds is 15. The molecule has 0 spiro atoms. The summed E-state index contributed by atoms with van der Waals surface area (Å²) in [7, 11) is 0. The monoisotopic (exact) mass is 497 g/mol. The van der Waals surface area contributed by atoms with E-state index in [1.165, 1.54) is 12.1 Å². The first-order chi connectivity index (χ1) is 17.2. The van der Waals surface area contributed by atoms with Gasteiger partial charge in [0.2, 0.25) is 0 Å². The maximum atomic E-state index is 11.1. The van der Waals surface area contributed by atoms with E-state index in [1.807, 2.05) is 37.3 Å². The minimum Gasteiger partial charge on any atom is -0.493 e. The van der Waals surface area contributed by atoms with Crippen LogP contribution in [0, 0.1) is 10.1 Å². The third kappa shape index (κ3) is 11.5. The molecule has 0 saturated carbocycles. The predicted molar refractivity (Wildman–Crippen MR) is 140 cm³/mol. The van der Waals surface area contributed by atoms with Crippen LogP contribution in [0.1, 0.15) is 58.3 Å². The van der Waals surface area contributed by atoms with Crippen molar-refractivity contribution in [3.05, 3.63) is 82.9 Å². The summed E-state index contributed by atoms with van der Waals surface area (Å²) in [5, 5.41) is 28.1. The van der Waals surface area contributed by atoms with Gasteiger partial charge in [0.15, 0.2) is 0 Å². The third-order valence-electron chi connectivity index (χ3n) is 5.30. The first-order valence-electron chi connectivity index (χ1n) is 12.0. The van der Waals surface area contributed by atoms with Crippen molar-refractivity contribution < 1.29 is 29.5 Å². The van der Waals surface area contributed by atoms with E-state index in [4.69, 9.17) is 14.9 Å². The normalized spacial score (nSPS) is 10.0. The molecule has 0 unspecified atom stereocenters. The standard InChI is InChI=1S/C22H25NO5.C6H10O2/c1-17(22(24)25)10-6-3-2-4-9-15-28-21-16-19(23(26)27)13-14-20(21)18-11-7-5-8-12-18;1-3-4-5(2)6(7)8/h5,7-8,11-14,16H,1-4,6,9-10,15H2,(H,24,25);2-4H2,1H3,(H,7,8). The van der Waals surface area contributed by atoms with E-state index >= 15 is 0 Å². The van der Waals surface area contributed by atoms with Crippen molar-refractivity contribution in [1.82, 2.24) is 0 Å². The summed E-state index contributed by atoms with van der Waals surface area (Å²) in [5.41, 5.74) is 2.34. The Morgan fingerprint density at radius 1 is 0.889 bits per heavy atom. The van der Waals surface area contributed by atoms with Gasteiger partial charge in [-0.1, -0.05) is 76.1 Å². The molecule has 0 fully saturated rings. The van der Waals surface area contributed by atoms with Gasteiger partial charge in [0, 0.05) is 22.8 Å². The zero-order chi connectivity index (χ0) is 26.9. The van der Waals surface area contributed by atoms with E-state index in [1.54, 1.807) is 6.07 Å². The van der Waals surface area contributed by atoms with Crippen LogP contribution in [0.4, 0.5) is 5.69 Å². The first kappa shape index (κ1) is 30.1. The van der Waals surface area contributed by atoms with Gasteiger partial charge in [0.05, 0.1) is 17.6 Å².